The van der Waals surface area contributed by atoms with Crippen molar-refractivity contribution in [2.45, 2.75) is 32.9 Å². The van der Waals surface area contributed by atoms with Crippen molar-refractivity contribution in [3.05, 3.63) is 61.8 Å². The lowest BCUT2D eigenvalue weighted by Crippen LogP contribution is -2.47. The normalized spacial score (nSPS) is 16.8. The van der Waals surface area contributed by atoms with Crippen LogP contribution in [0.1, 0.15) is 25.3 Å². The summed E-state index contributed by atoms with van der Waals surface area (Å²) in [5, 5.41) is 3.61. The molecule has 2 heterocycles. The number of piperidine rings is 1. The van der Waals surface area contributed by atoms with E-state index < -0.39 is 0 Å². The summed E-state index contributed by atoms with van der Waals surface area (Å²) >= 11 is 5.99. The second-order valence-corrected chi connectivity index (χ2v) is 7.50. The van der Waals surface area contributed by atoms with Gasteiger partial charge in [0, 0.05) is 44.3 Å². The number of aromatic nitrogens is 2. The molecule has 8 heteroatoms. The quantitative estimate of drug-likeness (QED) is 0.823. The number of hydrogen-bond donors (Lipinski definition) is 1. The molecule has 1 saturated heterocycles. The third-order valence-electron chi connectivity index (χ3n) is 5.17. The number of carbonyl (C=O) groups excluding carboxylic acids is 1. The van der Waals surface area contributed by atoms with Crippen LogP contribution in [0.25, 0.3) is 0 Å². The molecule has 0 bridgehead atoms. The summed E-state index contributed by atoms with van der Waals surface area (Å²) in [4.78, 5) is 39.1. The fourth-order valence-corrected chi connectivity index (χ4v) is 3.81. The smallest absolute Gasteiger partial charge is 0.332 e. The highest BCUT2D eigenvalue weighted by molar-refractivity contribution is 6.30. The topological polar surface area (TPSA) is 76.3 Å². The molecule has 0 saturated carbocycles. The zero-order valence-corrected chi connectivity index (χ0v) is 16.9. The van der Waals surface area contributed by atoms with Gasteiger partial charge >= 0.3 is 5.69 Å². The molecule has 0 radical (unpaired) electrons. The molecule has 150 valence electrons. The van der Waals surface area contributed by atoms with Gasteiger partial charge < -0.3 is 10.2 Å². The maximum Gasteiger partial charge on any atom is 0.332 e. The first-order chi connectivity index (χ1) is 13.4. The van der Waals surface area contributed by atoms with Crippen LogP contribution in [-0.4, -0.2) is 28.1 Å². The second kappa shape index (κ2) is 8.65. The Morgan fingerprint density at radius 2 is 2.07 bits per heavy atom. The van der Waals surface area contributed by atoms with E-state index in [4.69, 9.17) is 11.6 Å². The summed E-state index contributed by atoms with van der Waals surface area (Å²) < 4.78 is 2.68. The van der Waals surface area contributed by atoms with E-state index in [1.54, 1.807) is 10.6 Å². The molecule has 1 fully saturated rings. The van der Waals surface area contributed by atoms with Crippen molar-refractivity contribution in [2.75, 3.05) is 18.0 Å². The number of halogens is 1. The number of amides is 1. The van der Waals surface area contributed by atoms with Gasteiger partial charge in [0.1, 0.15) is 5.82 Å². The van der Waals surface area contributed by atoms with Crippen molar-refractivity contribution in [3.63, 3.8) is 0 Å². The van der Waals surface area contributed by atoms with Crippen molar-refractivity contribution in [1.82, 2.24) is 14.5 Å². The molecule has 0 spiro atoms. The van der Waals surface area contributed by atoms with E-state index in [1.165, 1.54) is 13.1 Å². The van der Waals surface area contributed by atoms with Gasteiger partial charge in [0.2, 0.25) is 5.91 Å². The first-order valence-corrected chi connectivity index (χ1v) is 9.86. The predicted octanol–water partition coefficient (Wildman–Crippen LogP) is 1.75. The molecular formula is C20H25ClN4O3. The maximum atomic E-state index is 12.7. The highest BCUT2D eigenvalue weighted by atomic mass is 35.5. The number of benzene rings is 1. The van der Waals surface area contributed by atoms with Gasteiger partial charge in [-0.05, 0) is 37.5 Å². The van der Waals surface area contributed by atoms with Crippen LogP contribution in [0.15, 0.2) is 39.9 Å². The lowest BCUT2D eigenvalue weighted by molar-refractivity contribution is -0.125. The summed E-state index contributed by atoms with van der Waals surface area (Å²) in [7, 11) is 1.48. The van der Waals surface area contributed by atoms with Crippen LogP contribution in [0.3, 0.4) is 0 Å². The van der Waals surface area contributed by atoms with Crippen LogP contribution in [0.4, 0.5) is 5.82 Å². The molecule has 1 aromatic carbocycles. The van der Waals surface area contributed by atoms with Crippen molar-refractivity contribution in [2.24, 2.45) is 13.0 Å². The lowest BCUT2D eigenvalue weighted by atomic mass is 9.97. The van der Waals surface area contributed by atoms with Crippen LogP contribution in [0, 0.1) is 5.92 Å². The van der Waals surface area contributed by atoms with Crippen molar-refractivity contribution in [3.8, 4) is 0 Å². The van der Waals surface area contributed by atoms with Gasteiger partial charge in [-0.2, -0.15) is 0 Å². The molecule has 1 aromatic heterocycles. The van der Waals surface area contributed by atoms with Crippen LogP contribution in [0.2, 0.25) is 5.02 Å². The molecule has 1 aliphatic heterocycles. The molecule has 1 amide bonds. The summed E-state index contributed by atoms with van der Waals surface area (Å²) in [6.07, 6.45) is 1.60. The summed E-state index contributed by atoms with van der Waals surface area (Å²) in [6.45, 7) is 3.94. The van der Waals surface area contributed by atoms with Gasteiger partial charge in [-0.15, -0.1) is 0 Å². The number of rotatable bonds is 5. The van der Waals surface area contributed by atoms with Gasteiger partial charge in [-0.1, -0.05) is 23.7 Å². The first kappa shape index (κ1) is 20.2. The highest BCUT2D eigenvalue weighted by Gasteiger charge is 2.27. The molecule has 1 aliphatic rings. The Bertz CT molecular complexity index is 982. The molecule has 0 unspecified atom stereocenters. The van der Waals surface area contributed by atoms with Gasteiger partial charge in [0.25, 0.3) is 5.56 Å². The van der Waals surface area contributed by atoms with E-state index in [2.05, 4.69) is 5.32 Å². The first-order valence-electron chi connectivity index (χ1n) is 9.48. The fourth-order valence-electron chi connectivity index (χ4n) is 3.60. The molecular weight excluding hydrogens is 380 g/mol. The largest absolute Gasteiger partial charge is 0.357 e. The van der Waals surface area contributed by atoms with E-state index in [1.807, 2.05) is 30.0 Å². The van der Waals surface area contributed by atoms with E-state index in [0.29, 0.717) is 37.0 Å². The summed E-state index contributed by atoms with van der Waals surface area (Å²) in [5.41, 5.74) is 0.273. The summed E-state index contributed by atoms with van der Waals surface area (Å²) in [6, 6.07) is 8.88. The Morgan fingerprint density at radius 3 is 2.79 bits per heavy atom. The Hall–Kier alpha value is -2.54. The molecule has 7 nitrogen and oxygen atoms in total. The zero-order valence-electron chi connectivity index (χ0n) is 16.2. The third-order valence-corrected chi connectivity index (χ3v) is 5.40. The minimum Gasteiger partial charge on any atom is -0.357 e. The second-order valence-electron chi connectivity index (χ2n) is 7.06. The van der Waals surface area contributed by atoms with Gasteiger partial charge in [0.05, 0.1) is 5.92 Å². The number of anilines is 1. The van der Waals surface area contributed by atoms with Crippen LogP contribution in [0.5, 0.6) is 0 Å². The van der Waals surface area contributed by atoms with Gasteiger partial charge in [0.15, 0.2) is 0 Å². The molecule has 1 N–H and O–H groups in total. The SMILES string of the molecule is CCn1c(N2CCC[C@@H](C(=O)NCc3cccc(Cl)c3)C2)cc(=O)n(C)c1=O. The monoisotopic (exact) mass is 404 g/mol. The van der Waals surface area contributed by atoms with E-state index in [-0.39, 0.29) is 23.1 Å². The average Bonchev–Trinajstić information content (AvgIpc) is 2.70. The van der Waals surface area contributed by atoms with Crippen molar-refractivity contribution >= 4 is 23.3 Å². The predicted molar refractivity (Wildman–Crippen MR) is 110 cm³/mol. The Kier molecular flexibility index (Phi) is 6.24. The van der Waals surface area contributed by atoms with E-state index in [0.717, 1.165) is 23.0 Å². The van der Waals surface area contributed by atoms with Crippen LogP contribution >= 0.6 is 11.6 Å². The third kappa shape index (κ3) is 4.30. The number of nitrogens with one attached hydrogen (secondary N) is 1. The minimum atomic E-state index is -0.336. The van der Waals surface area contributed by atoms with Gasteiger partial charge in [-0.25, -0.2) is 4.79 Å². The molecule has 3 rings (SSSR count). The molecule has 28 heavy (non-hydrogen) atoms. The fraction of sp³-hybridized carbons (Fsp3) is 0.450. The Balaban J connectivity index is 1.73. The van der Waals surface area contributed by atoms with Crippen LogP contribution < -0.4 is 21.5 Å². The van der Waals surface area contributed by atoms with Crippen molar-refractivity contribution < 1.29 is 4.79 Å². The van der Waals surface area contributed by atoms with E-state index >= 15 is 0 Å². The maximum absolute atomic E-state index is 12.7. The number of nitrogens with zero attached hydrogens (tertiary/aromatic N) is 3. The van der Waals surface area contributed by atoms with E-state index in [9.17, 15) is 14.4 Å². The standard InChI is InChI=1S/C20H25ClN4O3/c1-3-25-17(11-18(26)23(2)20(25)28)24-9-5-7-15(13-24)19(27)22-12-14-6-4-8-16(21)10-14/h4,6,8,10-11,15H,3,5,7,9,12-13H2,1-2H3,(H,22,27)/t15-/m1/s1. The lowest BCUT2D eigenvalue weighted by Gasteiger charge is -2.34. The zero-order chi connectivity index (χ0) is 20.3. The molecule has 0 aliphatic carbocycles. The van der Waals surface area contributed by atoms with Crippen LogP contribution in [-0.2, 0) is 24.9 Å². The molecule has 1 atom stereocenters. The Morgan fingerprint density at radius 1 is 1.29 bits per heavy atom. The Labute approximate surface area is 168 Å². The minimum absolute atomic E-state index is 0.0288. The number of carbonyl (C=O) groups is 1. The summed E-state index contributed by atoms with van der Waals surface area (Å²) in [5.74, 6) is 0.360. The average molecular weight is 405 g/mol. The highest BCUT2D eigenvalue weighted by Crippen LogP contribution is 2.22. The van der Waals surface area contributed by atoms with Crippen molar-refractivity contribution in [1.29, 1.82) is 0 Å². The van der Waals surface area contributed by atoms with Gasteiger partial charge in [-0.3, -0.25) is 18.7 Å². The number of hydrogen-bond acceptors (Lipinski definition) is 4. The molecule has 2 aromatic rings.